The third-order valence-electron chi connectivity index (χ3n) is 5.76. The van der Waals surface area contributed by atoms with Crippen LogP contribution in [0.4, 0.5) is 0 Å². The normalized spacial score (nSPS) is 16.3. The quantitative estimate of drug-likeness (QED) is 0.655. The molecule has 3 aromatic rings. The van der Waals surface area contributed by atoms with E-state index in [1.807, 2.05) is 62.7 Å². The molecule has 0 fully saturated rings. The minimum Gasteiger partial charge on any atom is -0.351 e. The van der Waals surface area contributed by atoms with E-state index < -0.39 is 5.92 Å². The number of allylic oxidation sites excluding steroid dienone is 1. The molecule has 1 aliphatic rings. The van der Waals surface area contributed by atoms with Gasteiger partial charge >= 0.3 is 0 Å². The van der Waals surface area contributed by atoms with Crippen molar-refractivity contribution in [1.29, 1.82) is 0 Å². The molecular weight excluding hydrogens is 402 g/mol. The van der Waals surface area contributed by atoms with Gasteiger partial charge in [0, 0.05) is 23.9 Å². The fourth-order valence-corrected chi connectivity index (χ4v) is 4.03. The number of hydrogen-bond acceptors (Lipinski definition) is 4. The van der Waals surface area contributed by atoms with Gasteiger partial charge in [0.05, 0.1) is 28.8 Å². The summed E-state index contributed by atoms with van der Waals surface area (Å²) < 4.78 is 1.82. The average molecular weight is 430 g/mol. The number of hydrogen-bond donors (Lipinski definition) is 1. The lowest BCUT2D eigenvalue weighted by atomic mass is 9.95. The largest absolute Gasteiger partial charge is 0.351 e. The summed E-state index contributed by atoms with van der Waals surface area (Å²) in [5, 5.41) is 8.09. The summed E-state index contributed by atoms with van der Waals surface area (Å²) in [7, 11) is 0. The van der Waals surface area contributed by atoms with Gasteiger partial charge in [-0.1, -0.05) is 29.8 Å². The predicted octanol–water partition coefficient (Wildman–Crippen LogP) is 4.28. The standard InChI is InChI=1S/C25H27N5O2/c1-14(2)30-23-21(13-27-30)19(11-22(29-23)18-9-7-6-8-15(18)3)24(31)26-12-20-16(4)10-17(5)28-25(20)32/h6-11,13-14,20H,12H2,1-5H3,(H,26,31). The molecular formula is C25H27N5O2. The molecule has 7 nitrogen and oxygen atoms in total. The second-order valence-corrected chi connectivity index (χ2v) is 8.53. The summed E-state index contributed by atoms with van der Waals surface area (Å²) in [6, 6.07) is 9.85. The Kier molecular flexibility index (Phi) is 5.74. The van der Waals surface area contributed by atoms with Gasteiger partial charge < -0.3 is 5.32 Å². The first kappa shape index (κ1) is 21.6. The lowest BCUT2D eigenvalue weighted by Gasteiger charge is -2.19. The molecule has 1 N–H and O–H groups in total. The monoisotopic (exact) mass is 429 g/mol. The van der Waals surface area contributed by atoms with Crippen LogP contribution < -0.4 is 5.32 Å². The predicted molar refractivity (Wildman–Crippen MR) is 126 cm³/mol. The number of rotatable bonds is 5. The highest BCUT2D eigenvalue weighted by molar-refractivity contribution is 6.08. The van der Waals surface area contributed by atoms with Crippen LogP contribution >= 0.6 is 0 Å². The Morgan fingerprint density at radius 1 is 1.19 bits per heavy atom. The van der Waals surface area contributed by atoms with Gasteiger partial charge in [-0.25, -0.2) is 14.7 Å². The smallest absolute Gasteiger partial charge is 0.254 e. The van der Waals surface area contributed by atoms with Crippen LogP contribution in [0.5, 0.6) is 0 Å². The van der Waals surface area contributed by atoms with Crippen LogP contribution in [0.1, 0.15) is 49.7 Å². The number of carbonyl (C=O) groups excluding carboxylic acids is 2. The fraction of sp³-hybridized carbons (Fsp3) is 0.320. The lowest BCUT2D eigenvalue weighted by molar-refractivity contribution is -0.120. The number of aliphatic imine (C=N–C) groups is 1. The maximum atomic E-state index is 13.3. The average Bonchev–Trinajstić information content (AvgIpc) is 3.16. The van der Waals surface area contributed by atoms with Gasteiger partial charge in [-0.2, -0.15) is 5.10 Å². The van der Waals surface area contributed by atoms with Crippen LogP contribution in [0, 0.1) is 12.8 Å². The number of pyridine rings is 1. The van der Waals surface area contributed by atoms with Crippen molar-refractivity contribution in [3.05, 3.63) is 59.3 Å². The molecule has 0 saturated carbocycles. The molecule has 2 aromatic heterocycles. The zero-order valence-corrected chi connectivity index (χ0v) is 19.0. The molecule has 1 unspecified atom stereocenters. The van der Waals surface area contributed by atoms with E-state index in [4.69, 9.17) is 4.98 Å². The van der Waals surface area contributed by atoms with Gasteiger partial charge in [0.1, 0.15) is 0 Å². The maximum Gasteiger partial charge on any atom is 0.254 e. The Bertz CT molecular complexity index is 1280. The summed E-state index contributed by atoms with van der Waals surface area (Å²) in [5.74, 6) is -0.937. The SMILES string of the molecule is CC1=CC(C)=NC(=O)C1CNC(=O)c1cc(-c2ccccc2C)nc2c1cnn2C(C)C. The van der Waals surface area contributed by atoms with E-state index in [-0.39, 0.29) is 24.4 Å². The molecule has 7 heteroatoms. The maximum absolute atomic E-state index is 13.3. The molecule has 0 saturated heterocycles. The van der Waals surface area contributed by atoms with E-state index in [1.165, 1.54) is 0 Å². The molecule has 0 bridgehead atoms. The molecule has 164 valence electrons. The second-order valence-electron chi connectivity index (χ2n) is 8.53. The number of nitrogens with zero attached hydrogens (tertiary/aromatic N) is 4. The van der Waals surface area contributed by atoms with Crippen LogP contribution in [0.25, 0.3) is 22.3 Å². The highest BCUT2D eigenvalue weighted by atomic mass is 16.2. The molecule has 32 heavy (non-hydrogen) atoms. The Morgan fingerprint density at radius 2 is 1.94 bits per heavy atom. The first-order valence-electron chi connectivity index (χ1n) is 10.8. The third-order valence-corrected chi connectivity index (χ3v) is 5.76. The molecule has 4 rings (SSSR count). The molecule has 3 heterocycles. The summed E-state index contributed by atoms with van der Waals surface area (Å²) in [4.78, 5) is 34.5. The fourth-order valence-electron chi connectivity index (χ4n) is 4.03. The Balaban J connectivity index is 1.73. The number of nitrogens with one attached hydrogen (secondary N) is 1. The Hall–Kier alpha value is -3.61. The zero-order valence-electron chi connectivity index (χ0n) is 19.0. The first-order valence-corrected chi connectivity index (χ1v) is 10.8. The Labute approximate surface area is 187 Å². The van der Waals surface area contributed by atoms with Crippen LogP contribution in [-0.4, -0.2) is 38.8 Å². The number of amides is 2. The number of benzene rings is 1. The van der Waals surface area contributed by atoms with E-state index in [9.17, 15) is 9.59 Å². The number of dihydropyridines is 1. The summed E-state index contributed by atoms with van der Waals surface area (Å²) in [6.07, 6.45) is 3.56. The third kappa shape index (κ3) is 3.98. The molecule has 1 aromatic carbocycles. The number of aryl methyl sites for hydroxylation is 1. The topological polar surface area (TPSA) is 89.2 Å². The van der Waals surface area contributed by atoms with Crippen LogP contribution in [-0.2, 0) is 4.79 Å². The minimum absolute atomic E-state index is 0.0942. The molecule has 0 radical (unpaired) electrons. The summed E-state index contributed by atoms with van der Waals surface area (Å²) in [6.45, 7) is 9.96. The second kappa shape index (κ2) is 8.49. The van der Waals surface area contributed by atoms with Gasteiger partial charge in [-0.3, -0.25) is 9.59 Å². The van der Waals surface area contributed by atoms with Crippen molar-refractivity contribution in [2.24, 2.45) is 10.9 Å². The van der Waals surface area contributed by atoms with Crippen molar-refractivity contribution in [3.8, 4) is 11.3 Å². The molecule has 0 spiro atoms. The molecule has 1 atom stereocenters. The zero-order chi connectivity index (χ0) is 23.0. The minimum atomic E-state index is -0.450. The highest BCUT2D eigenvalue weighted by Crippen LogP contribution is 2.28. The van der Waals surface area contributed by atoms with Gasteiger partial charge in [0.25, 0.3) is 11.8 Å². The van der Waals surface area contributed by atoms with Gasteiger partial charge in [0.15, 0.2) is 5.65 Å². The van der Waals surface area contributed by atoms with Crippen molar-refractivity contribution < 1.29 is 9.59 Å². The number of aromatic nitrogens is 3. The number of carbonyl (C=O) groups is 2. The Morgan fingerprint density at radius 3 is 2.62 bits per heavy atom. The summed E-state index contributed by atoms with van der Waals surface area (Å²) in [5.41, 5.74) is 5.49. The molecule has 1 aliphatic heterocycles. The van der Waals surface area contributed by atoms with Crippen LogP contribution in [0.3, 0.4) is 0 Å². The van der Waals surface area contributed by atoms with Crippen molar-refractivity contribution in [2.75, 3.05) is 6.54 Å². The molecule has 0 aliphatic carbocycles. The van der Waals surface area contributed by atoms with Gasteiger partial charge in [0.2, 0.25) is 0 Å². The van der Waals surface area contributed by atoms with E-state index >= 15 is 0 Å². The first-order chi connectivity index (χ1) is 15.3. The van der Waals surface area contributed by atoms with E-state index in [0.717, 1.165) is 16.7 Å². The summed E-state index contributed by atoms with van der Waals surface area (Å²) >= 11 is 0. The van der Waals surface area contributed by atoms with E-state index in [2.05, 4.69) is 15.4 Å². The van der Waals surface area contributed by atoms with E-state index in [0.29, 0.717) is 28.0 Å². The van der Waals surface area contributed by atoms with E-state index in [1.54, 1.807) is 19.2 Å². The molecule has 2 amide bonds. The number of fused-ring (bicyclic) bond motifs is 1. The highest BCUT2D eigenvalue weighted by Gasteiger charge is 2.25. The van der Waals surface area contributed by atoms with Crippen molar-refractivity contribution >= 4 is 28.6 Å². The van der Waals surface area contributed by atoms with Gasteiger partial charge in [-0.15, -0.1) is 0 Å². The lowest BCUT2D eigenvalue weighted by Crippen LogP contribution is -2.34. The van der Waals surface area contributed by atoms with Gasteiger partial charge in [-0.05, 0) is 52.3 Å². The van der Waals surface area contributed by atoms with Crippen molar-refractivity contribution in [1.82, 2.24) is 20.1 Å². The van der Waals surface area contributed by atoms with Crippen LogP contribution in [0.15, 0.2) is 53.2 Å². The van der Waals surface area contributed by atoms with Crippen molar-refractivity contribution in [3.63, 3.8) is 0 Å². The van der Waals surface area contributed by atoms with Crippen LogP contribution in [0.2, 0.25) is 0 Å². The van der Waals surface area contributed by atoms with Crippen molar-refractivity contribution in [2.45, 2.75) is 40.7 Å².